The number of aliphatic hydroxyl groups is 1. The number of hydrogen-bond donors (Lipinski definition) is 5. The van der Waals surface area contributed by atoms with E-state index in [4.69, 9.17) is 34.6 Å². The average Bonchev–Trinajstić information content (AvgIpc) is 3.86. The van der Waals surface area contributed by atoms with E-state index in [-0.39, 0.29) is 18.2 Å². The van der Waals surface area contributed by atoms with Gasteiger partial charge in [-0.25, -0.2) is 19.2 Å². The first-order valence-electron chi connectivity index (χ1n) is 20.2. The van der Waals surface area contributed by atoms with E-state index in [1.165, 1.54) is 31.3 Å². The Morgan fingerprint density at radius 2 is 1.03 bits per heavy atom. The molecular formula is C45H58N2O13S2. The fraction of sp³-hybridized carbons (Fsp3) is 0.444. The summed E-state index contributed by atoms with van der Waals surface area (Å²) in [4.78, 5) is 54.6. The van der Waals surface area contributed by atoms with E-state index < -0.39 is 29.3 Å². The SMILES string of the molecule is CC(C)(C)C(=O)OC1CN(CCCOCCc2ccc3sccc3c2)C1.O=C(O)/C=C\C(=O)O.O=C(O)/C=C\C(=O)O.OC1CN(CCCOCCc2ccc3sccc3c2)C1. The quantitative estimate of drug-likeness (QED) is 0.0409. The summed E-state index contributed by atoms with van der Waals surface area (Å²) in [6.45, 7) is 14.2. The summed E-state index contributed by atoms with van der Waals surface area (Å²) in [6.07, 6.45) is 6.21. The largest absolute Gasteiger partial charge is 0.478 e. The summed E-state index contributed by atoms with van der Waals surface area (Å²) >= 11 is 3.57. The molecule has 4 aromatic rings. The molecule has 2 saturated heterocycles. The highest BCUT2D eigenvalue weighted by molar-refractivity contribution is 7.17. The van der Waals surface area contributed by atoms with Crippen LogP contribution < -0.4 is 0 Å². The molecule has 4 heterocycles. The van der Waals surface area contributed by atoms with Gasteiger partial charge in [-0.1, -0.05) is 24.3 Å². The maximum Gasteiger partial charge on any atom is 0.328 e. The summed E-state index contributed by atoms with van der Waals surface area (Å²) < 4.78 is 19.7. The molecule has 62 heavy (non-hydrogen) atoms. The molecule has 2 aliphatic rings. The van der Waals surface area contributed by atoms with Crippen LogP contribution in [0.5, 0.6) is 0 Å². The van der Waals surface area contributed by atoms with Crippen LogP contribution in [0.2, 0.25) is 0 Å². The first kappa shape index (κ1) is 51.3. The van der Waals surface area contributed by atoms with Crippen molar-refractivity contribution in [2.24, 2.45) is 5.41 Å². The molecule has 0 atom stereocenters. The number of carboxylic acid groups (broad SMARTS) is 4. The number of hydrogen-bond acceptors (Lipinski definition) is 13. The molecule has 338 valence electrons. The first-order chi connectivity index (χ1) is 29.5. The number of carbonyl (C=O) groups excluding carboxylic acids is 1. The third-order valence-electron chi connectivity index (χ3n) is 9.11. The predicted octanol–water partition coefficient (Wildman–Crippen LogP) is 6.07. The van der Waals surface area contributed by atoms with Gasteiger partial charge in [-0.3, -0.25) is 14.6 Å². The number of fused-ring (bicyclic) bond motifs is 2. The number of carbonyl (C=O) groups is 5. The lowest BCUT2D eigenvalue weighted by molar-refractivity contribution is -0.167. The molecule has 17 heteroatoms. The van der Waals surface area contributed by atoms with Gasteiger partial charge in [0.05, 0.1) is 24.7 Å². The zero-order valence-corrected chi connectivity index (χ0v) is 37.0. The number of aliphatic hydroxyl groups excluding tert-OH is 1. The Morgan fingerprint density at radius 1 is 0.629 bits per heavy atom. The summed E-state index contributed by atoms with van der Waals surface area (Å²) in [5.74, 6) is -5.13. The van der Waals surface area contributed by atoms with E-state index in [1.54, 1.807) is 22.7 Å². The summed E-state index contributed by atoms with van der Waals surface area (Å²) in [6, 6.07) is 17.7. The third-order valence-corrected chi connectivity index (χ3v) is 10.9. The van der Waals surface area contributed by atoms with Gasteiger partial charge in [0, 0.05) is 86.2 Å². The molecule has 0 aliphatic carbocycles. The van der Waals surface area contributed by atoms with Gasteiger partial charge < -0.3 is 39.7 Å². The monoisotopic (exact) mass is 898 g/mol. The Bertz CT molecular complexity index is 2010. The molecule has 0 amide bonds. The third kappa shape index (κ3) is 21.2. The molecule has 0 unspecified atom stereocenters. The molecule has 6 rings (SSSR count). The van der Waals surface area contributed by atoms with Crippen LogP contribution in [0.1, 0.15) is 44.7 Å². The summed E-state index contributed by atoms with van der Waals surface area (Å²) in [5, 5.41) is 47.4. The van der Waals surface area contributed by atoms with Crippen LogP contribution in [0.15, 0.2) is 83.6 Å². The highest BCUT2D eigenvalue weighted by Crippen LogP contribution is 2.23. The number of aliphatic carboxylic acids is 4. The van der Waals surface area contributed by atoms with Gasteiger partial charge in [0.2, 0.25) is 0 Å². The minimum absolute atomic E-state index is 0.0645. The lowest BCUT2D eigenvalue weighted by atomic mass is 9.97. The molecule has 0 bridgehead atoms. The number of rotatable bonds is 19. The Hall–Kier alpha value is -5.01. The van der Waals surface area contributed by atoms with Crippen molar-refractivity contribution < 1.29 is 63.7 Å². The van der Waals surface area contributed by atoms with Crippen LogP contribution in [-0.2, 0) is 51.0 Å². The molecule has 15 nitrogen and oxygen atoms in total. The number of ether oxygens (including phenoxy) is 3. The number of nitrogens with zero attached hydrogens (tertiary/aromatic N) is 2. The van der Waals surface area contributed by atoms with Gasteiger partial charge in [-0.05, 0) is 103 Å². The second-order valence-corrected chi connectivity index (χ2v) is 17.4. The van der Waals surface area contributed by atoms with E-state index in [2.05, 4.69) is 69.1 Å². The number of likely N-dealkylation sites (tertiary alicyclic amines) is 2. The highest BCUT2D eigenvalue weighted by atomic mass is 32.1. The summed E-state index contributed by atoms with van der Waals surface area (Å²) in [5.41, 5.74) is 2.27. The zero-order chi connectivity index (χ0) is 45.5. The zero-order valence-electron chi connectivity index (χ0n) is 35.4. The number of benzene rings is 2. The average molecular weight is 899 g/mol. The Morgan fingerprint density at radius 3 is 1.40 bits per heavy atom. The second kappa shape index (κ2) is 27.1. The number of carboxylic acids is 4. The van der Waals surface area contributed by atoms with E-state index in [0.29, 0.717) is 24.3 Å². The van der Waals surface area contributed by atoms with Crippen LogP contribution in [0, 0.1) is 5.41 Å². The molecule has 0 radical (unpaired) electrons. The van der Waals surface area contributed by atoms with Crippen molar-refractivity contribution in [1.29, 1.82) is 0 Å². The molecule has 2 aliphatic heterocycles. The fourth-order valence-electron chi connectivity index (χ4n) is 5.83. The van der Waals surface area contributed by atoms with Crippen molar-refractivity contribution in [3.8, 4) is 0 Å². The predicted molar refractivity (Wildman–Crippen MR) is 239 cm³/mol. The van der Waals surface area contributed by atoms with Crippen molar-refractivity contribution in [3.05, 3.63) is 94.7 Å². The maximum atomic E-state index is 11.8. The van der Waals surface area contributed by atoms with Crippen LogP contribution in [0.4, 0.5) is 0 Å². The molecular weight excluding hydrogens is 841 g/mol. The topological polar surface area (TPSA) is 221 Å². The first-order valence-corrected chi connectivity index (χ1v) is 21.9. The molecule has 5 N–H and O–H groups in total. The van der Waals surface area contributed by atoms with Crippen LogP contribution >= 0.6 is 22.7 Å². The van der Waals surface area contributed by atoms with E-state index in [0.717, 1.165) is 91.4 Å². The van der Waals surface area contributed by atoms with Gasteiger partial charge >= 0.3 is 29.8 Å². The second-order valence-electron chi connectivity index (χ2n) is 15.5. The van der Waals surface area contributed by atoms with E-state index in [1.807, 2.05) is 20.8 Å². The molecule has 2 aromatic heterocycles. The Balaban J connectivity index is 0.000000250. The number of thiophene rings is 2. The van der Waals surface area contributed by atoms with Gasteiger partial charge in [0.1, 0.15) is 6.10 Å². The minimum atomic E-state index is -1.26. The van der Waals surface area contributed by atoms with Gasteiger partial charge in [-0.15, -0.1) is 22.7 Å². The van der Waals surface area contributed by atoms with Crippen molar-refractivity contribution >= 4 is 72.7 Å². The minimum Gasteiger partial charge on any atom is -0.478 e. The van der Waals surface area contributed by atoms with Crippen molar-refractivity contribution in [2.75, 3.05) is 65.7 Å². The van der Waals surface area contributed by atoms with Gasteiger partial charge in [0.25, 0.3) is 0 Å². The Labute approximate surface area is 369 Å². The highest BCUT2D eigenvalue weighted by Gasteiger charge is 2.33. The Kier molecular flexibility index (Phi) is 22.5. The molecule has 0 saturated carbocycles. The van der Waals surface area contributed by atoms with Crippen molar-refractivity contribution in [3.63, 3.8) is 0 Å². The van der Waals surface area contributed by atoms with Crippen molar-refractivity contribution in [2.45, 2.75) is 58.7 Å². The van der Waals surface area contributed by atoms with Crippen molar-refractivity contribution in [1.82, 2.24) is 9.80 Å². The molecule has 0 spiro atoms. The molecule has 2 fully saturated rings. The van der Waals surface area contributed by atoms with E-state index in [9.17, 15) is 29.1 Å². The molecule has 2 aromatic carbocycles. The van der Waals surface area contributed by atoms with Crippen LogP contribution in [-0.4, -0.2) is 143 Å². The van der Waals surface area contributed by atoms with E-state index >= 15 is 0 Å². The van der Waals surface area contributed by atoms with Crippen LogP contribution in [0.25, 0.3) is 20.2 Å². The van der Waals surface area contributed by atoms with Gasteiger partial charge in [-0.2, -0.15) is 0 Å². The normalized spacial score (nSPS) is 14.5. The lowest BCUT2D eigenvalue weighted by Crippen LogP contribution is -2.53. The smallest absolute Gasteiger partial charge is 0.328 e. The number of esters is 1. The number of β-amino-alcohol motifs (C(OH)–C–C–N with tert-alkyl or cyclic N) is 1. The van der Waals surface area contributed by atoms with Crippen LogP contribution in [0.3, 0.4) is 0 Å². The standard InChI is InChI=1S/C21H29NO3S.C16H21NO2S.2C4H4O4/c1-21(2,3)20(23)25-18-14-22(15-18)9-4-10-24-11-7-16-5-6-19-17(13-16)8-12-26-19;18-15-11-17(12-15)6-1-7-19-8-4-13-2-3-16-14(10-13)5-9-20-16;2*5-3(6)1-2-4(7)8/h5-6,8,12-13,18H,4,7,9-11,14-15H2,1-3H3;2-3,5,9-10,15,18H,1,4,6-8,11-12H2;2*1-2H,(H,5,6)(H,7,8)/b;;2*2-1-. The van der Waals surface area contributed by atoms with Gasteiger partial charge in [0.15, 0.2) is 0 Å². The lowest BCUT2D eigenvalue weighted by Gasteiger charge is -2.39. The fourth-order valence-corrected chi connectivity index (χ4v) is 7.37. The summed E-state index contributed by atoms with van der Waals surface area (Å²) in [7, 11) is 0. The maximum absolute atomic E-state index is 11.8.